The van der Waals surface area contributed by atoms with Gasteiger partial charge >= 0.3 is 0 Å². The molecular formula is C8H12BrFN2O. The number of hydrogen-bond acceptors (Lipinski definition) is 2. The van der Waals surface area contributed by atoms with Gasteiger partial charge in [0, 0.05) is 0 Å². The van der Waals surface area contributed by atoms with Crippen LogP contribution in [0.25, 0.3) is 0 Å². The summed E-state index contributed by atoms with van der Waals surface area (Å²) in [5, 5.41) is 3.99. The highest BCUT2D eigenvalue weighted by atomic mass is 79.9. The first-order valence-corrected chi connectivity index (χ1v) is 4.65. The van der Waals surface area contributed by atoms with E-state index >= 15 is 0 Å². The summed E-state index contributed by atoms with van der Waals surface area (Å²) in [5.41, 5.74) is -0.386. The molecular weight excluding hydrogens is 239 g/mol. The van der Waals surface area contributed by atoms with Crippen molar-refractivity contribution >= 4 is 15.9 Å². The van der Waals surface area contributed by atoms with Crippen molar-refractivity contribution in [1.82, 2.24) is 9.78 Å². The van der Waals surface area contributed by atoms with Crippen LogP contribution >= 0.6 is 15.9 Å². The molecule has 74 valence electrons. The van der Waals surface area contributed by atoms with E-state index in [0.29, 0.717) is 4.60 Å². The summed E-state index contributed by atoms with van der Waals surface area (Å²) in [6.07, 6.45) is 0. The van der Waals surface area contributed by atoms with Crippen LogP contribution in [0.2, 0.25) is 0 Å². The molecule has 0 fully saturated rings. The molecule has 0 unspecified atom stereocenters. The molecule has 5 heteroatoms. The van der Waals surface area contributed by atoms with Crippen molar-refractivity contribution in [2.24, 2.45) is 0 Å². The van der Waals surface area contributed by atoms with Crippen molar-refractivity contribution in [2.75, 3.05) is 7.11 Å². The average molecular weight is 251 g/mol. The van der Waals surface area contributed by atoms with Crippen LogP contribution in [0, 0.1) is 5.95 Å². The van der Waals surface area contributed by atoms with E-state index in [1.54, 1.807) is 0 Å². The minimum atomic E-state index is -0.457. The summed E-state index contributed by atoms with van der Waals surface area (Å²) < 4.78 is 20.1. The lowest BCUT2D eigenvalue weighted by Crippen LogP contribution is -2.24. The lowest BCUT2D eigenvalue weighted by Gasteiger charge is -2.19. The van der Waals surface area contributed by atoms with Crippen molar-refractivity contribution in [3.8, 4) is 5.75 Å². The topological polar surface area (TPSA) is 27.1 Å². The van der Waals surface area contributed by atoms with Crippen molar-refractivity contribution in [3.63, 3.8) is 0 Å². The maximum atomic E-state index is 13.5. The smallest absolute Gasteiger partial charge is 0.255 e. The molecule has 0 aliphatic rings. The molecule has 1 aromatic heterocycles. The number of halogens is 2. The summed E-state index contributed by atoms with van der Waals surface area (Å²) >= 11 is 3.12. The van der Waals surface area contributed by atoms with Gasteiger partial charge in [-0.1, -0.05) is 0 Å². The fourth-order valence-corrected chi connectivity index (χ4v) is 1.46. The number of nitrogens with zero attached hydrogens (tertiary/aromatic N) is 2. The van der Waals surface area contributed by atoms with E-state index in [1.807, 2.05) is 20.8 Å². The van der Waals surface area contributed by atoms with Crippen molar-refractivity contribution in [3.05, 3.63) is 10.6 Å². The fraction of sp³-hybridized carbons (Fsp3) is 0.625. The van der Waals surface area contributed by atoms with Gasteiger partial charge in [-0.15, -0.1) is 0 Å². The van der Waals surface area contributed by atoms with Crippen molar-refractivity contribution < 1.29 is 9.13 Å². The highest BCUT2D eigenvalue weighted by molar-refractivity contribution is 9.10. The quantitative estimate of drug-likeness (QED) is 0.766. The Morgan fingerprint density at radius 1 is 1.46 bits per heavy atom. The second-order valence-corrected chi connectivity index (χ2v) is 4.45. The molecule has 1 heterocycles. The second-order valence-electron chi connectivity index (χ2n) is 3.70. The lowest BCUT2D eigenvalue weighted by atomic mass is 10.1. The Labute approximate surface area is 85.0 Å². The van der Waals surface area contributed by atoms with Gasteiger partial charge in [0.15, 0.2) is 4.60 Å². The molecule has 0 aliphatic heterocycles. The maximum absolute atomic E-state index is 13.5. The van der Waals surface area contributed by atoms with Gasteiger partial charge in [0.2, 0.25) is 5.75 Å². The van der Waals surface area contributed by atoms with Crippen LogP contribution in [0.3, 0.4) is 0 Å². The van der Waals surface area contributed by atoms with E-state index in [2.05, 4.69) is 21.0 Å². The maximum Gasteiger partial charge on any atom is 0.255 e. The molecule has 0 N–H and O–H groups in total. The summed E-state index contributed by atoms with van der Waals surface area (Å²) in [7, 11) is 1.41. The van der Waals surface area contributed by atoms with E-state index in [4.69, 9.17) is 4.74 Å². The summed E-state index contributed by atoms with van der Waals surface area (Å²) in [6.45, 7) is 5.61. The molecule has 0 spiro atoms. The molecule has 0 bridgehead atoms. The molecule has 1 rings (SSSR count). The lowest BCUT2D eigenvalue weighted by molar-refractivity contribution is 0.285. The first kappa shape index (κ1) is 10.5. The van der Waals surface area contributed by atoms with E-state index in [1.165, 1.54) is 11.8 Å². The first-order valence-electron chi connectivity index (χ1n) is 3.86. The molecule has 0 aliphatic carbocycles. The Morgan fingerprint density at radius 2 is 2.00 bits per heavy atom. The van der Waals surface area contributed by atoms with Crippen LogP contribution in [0.4, 0.5) is 4.39 Å². The largest absolute Gasteiger partial charge is 0.490 e. The van der Waals surface area contributed by atoms with Gasteiger partial charge in [0.05, 0.1) is 12.6 Å². The zero-order valence-corrected chi connectivity index (χ0v) is 9.64. The van der Waals surface area contributed by atoms with Gasteiger partial charge in [-0.25, -0.2) is 4.68 Å². The second kappa shape index (κ2) is 3.29. The standard InChI is InChI=1S/C8H12BrFN2O/c1-8(2,3)12-7(10)5(13-4)6(9)11-12/h1-4H3. The van der Waals surface area contributed by atoms with E-state index < -0.39 is 5.95 Å². The van der Waals surface area contributed by atoms with Gasteiger partial charge in [0.1, 0.15) is 0 Å². The van der Waals surface area contributed by atoms with Gasteiger partial charge in [-0.2, -0.15) is 9.49 Å². The normalized spacial score (nSPS) is 11.8. The molecule has 0 amide bonds. The number of rotatable bonds is 1. The van der Waals surface area contributed by atoms with Crippen molar-refractivity contribution in [2.45, 2.75) is 26.3 Å². The SMILES string of the molecule is COc1c(Br)nn(C(C)(C)C)c1F. The van der Waals surface area contributed by atoms with Crippen LogP contribution in [-0.4, -0.2) is 16.9 Å². The minimum Gasteiger partial charge on any atom is -0.490 e. The summed E-state index contributed by atoms with van der Waals surface area (Å²) in [6, 6.07) is 0. The van der Waals surface area contributed by atoms with Crippen LogP contribution in [0.15, 0.2) is 4.60 Å². The van der Waals surface area contributed by atoms with Gasteiger partial charge < -0.3 is 4.74 Å². The number of aromatic nitrogens is 2. The molecule has 0 saturated carbocycles. The third-order valence-corrected chi connectivity index (χ3v) is 2.11. The fourth-order valence-electron chi connectivity index (χ4n) is 0.971. The van der Waals surface area contributed by atoms with Crippen LogP contribution in [0.5, 0.6) is 5.75 Å². The Bertz CT molecular complexity index is 317. The monoisotopic (exact) mass is 250 g/mol. The third-order valence-electron chi connectivity index (χ3n) is 1.59. The molecule has 1 aromatic rings. The van der Waals surface area contributed by atoms with E-state index in [0.717, 1.165) is 0 Å². The highest BCUT2D eigenvalue weighted by Gasteiger charge is 2.24. The Morgan fingerprint density at radius 3 is 2.23 bits per heavy atom. The number of hydrogen-bond donors (Lipinski definition) is 0. The predicted octanol–water partition coefficient (Wildman–Crippen LogP) is 2.55. The van der Waals surface area contributed by atoms with Crippen molar-refractivity contribution in [1.29, 1.82) is 0 Å². The van der Waals surface area contributed by atoms with Gasteiger partial charge in [0.25, 0.3) is 5.95 Å². The number of methoxy groups -OCH3 is 1. The molecule has 13 heavy (non-hydrogen) atoms. The minimum absolute atomic E-state index is 0.148. The number of ether oxygens (including phenoxy) is 1. The Balaban J connectivity index is 3.26. The Kier molecular flexibility index (Phi) is 2.66. The Hall–Kier alpha value is -0.580. The van der Waals surface area contributed by atoms with E-state index in [-0.39, 0.29) is 11.3 Å². The summed E-state index contributed by atoms with van der Waals surface area (Å²) in [4.78, 5) is 0. The van der Waals surface area contributed by atoms with Gasteiger partial charge in [-0.3, -0.25) is 0 Å². The average Bonchev–Trinajstić information content (AvgIpc) is 2.25. The van der Waals surface area contributed by atoms with Gasteiger partial charge in [-0.05, 0) is 36.7 Å². The predicted molar refractivity (Wildman–Crippen MR) is 51.4 cm³/mol. The zero-order valence-electron chi connectivity index (χ0n) is 8.06. The van der Waals surface area contributed by atoms with Crippen LogP contribution in [0.1, 0.15) is 20.8 Å². The summed E-state index contributed by atoms with van der Waals surface area (Å²) in [5.74, 6) is -0.309. The molecule has 0 radical (unpaired) electrons. The zero-order chi connectivity index (χ0) is 10.2. The van der Waals surface area contributed by atoms with Crippen LogP contribution < -0.4 is 4.74 Å². The highest BCUT2D eigenvalue weighted by Crippen LogP contribution is 2.30. The van der Waals surface area contributed by atoms with E-state index in [9.17, 15) is 4.39 Å². The first-order chi connectivity index (χ1) is 5.88. The van der Waals surface area contributed by atoms with Crippen LogP contribution in [-0.2, 0) is 5.54 Å². The molecule has 0 aromatic carbocycles. The molecule has 0 saturated heterocycles. The molecule has 3 nitrogen and oxygen atoms in total. The molecule has 0 atom stereocenters. The third kappa shape index (κ3) is 1.85.